The first kappa shape index (κ1) is 13.1. The monoisotopic (exact) mass is 277 g/mol. The smallest absolute Gasteiger partial charge is 0.0170 e. The van der Waals surface area contributed by atoms with Crippen molar-refractivity contribution in [2.75, 3.05) is 13.1 Å². The van der Waals surface area contributed by atoms with Crippen molar-refractivity contribution in [3.8, 4) is 0 Å². The standard InChI is InChI=1S/C20H23N/c1-2-7-16(8-3-1)15-19-18-10-5-4-9-17(18)11-12-20(19)21-13-6-14-21/h1-5,7-10,19-20H,6,11-15H2. The summed E-state index contributed by atoms with van der Waals surface area (Å²) in [6, 6.07) is 20.9. The van der Waals surface area contributed by atoms with Crippen molar-refractivity contribution >= 4 is 0 Å². The highest BCUT2D eigenvalue weighted by atomic mass is 15.2. The highest BCUT2D eigenvalue weighted by Gasteiger charge is 2.35. The number of aryl methyl sites for hydroxylation is 1. The van der Waals surface area contributed by atoms with Gasteiger partial charge in [0.1, 0.15) is 0 Å². The third-order valence-corrected chi connectivity index (χ3v) is 5.29. The summed E-state index contributed by atoms with van der Waals surface area (Å²) in [5.74, 6) is 0.664. The average Bonchev–Trinajstić information content (AvgIpc) is 2.49. The van der Waals surface area contributed by atoms with E-state index in [1.807, 2.05) is 0 Å². The highest BCUT2D eigenvalue weighted by Crippen LogP contribution is 2.38. The molecule has 0 radical (unpaired) electrons. The second kappa shape index (κ2) is 5.65. The lowest BCUT2D eigenvalue weighted by atomic mass is 9.75. The number of likely N-dealkylation sites (tertiary alicyclic amines) is 1. The van der Waals surface area contributed by atoms with Crippen molar-refractivity contribution in [2.24, 2.45) is 0 Å². The van der Waals surface area contributed by atoms with Gasteiger partial charge in [0.05, 0.1) is 0 Å². The minimum absolute atomic E-state index is 0.664. The van der Waals surface area contributed by atoms with Crippen molar-refractivity contribution in [3.05, 3.63) is 71.3 Å². The van der Waals surface area contributed by atoms with Gasteiger partial charge in [-0.05, 0) is 55.5 Å². The lowest BCUT2D eigenvalue weighted by Crippen LogP contribution is -2.49. The Morgan fingerprint density at radius 1 is 0.905 bits per heavy atom. The van der Waals surface area contributed by atoms with Crippen LogP contribution < -0.4 is 0 Å². The number of benzene rings is 2. The zero-order chi connectivity index (χ0) is 14.1. The SMILES string of the molecule is c1ccc(CC2c3ccccc3CCC2N2CCC2)cc1. The van der Waals surface area contributed by atoms with Gasteiger partial charge in [0, 0.05) is 12.0 Å². The van der Waals surface area contributed by atoms with Crippen LogP contribution in [0.3, 0.4) is 0 Å². The largest absolute Gasteiger partial charge is 0.300 e. The second-order valence-electron chi connectivity index (χ2n) is 6.49. The first-order valence-electron chi connectivity index (χ1n) is 8.27. The number of nitrogens with zero attached hydrogens (tertiary/aromatic N) is 1. The van der Waals surface area contributed by atoms with E-state index in [1.165, 1.54) is 44.3 Å². The molecule has 0 saturated carbocycles. The quantitative estimate of drug-likeness (QED) is 0.818. The number of rotatable bonds is 3. The molecule has 2 aliphatic rings. The fourth-order valence-electron chi connectivity index (χ4n) is 4.06. The summed E-state index contributed by atoms with van der Waals surface area (Å²) in [7, 11) is 0. The summed E-state index contributed by atoms with van der Waals surface area (Å²) >= 11 is 0. The Balaban J connectivity index is 1.67. The molecule has 0 spiro atoms. The van der Waals surface area contributed by atoms with E-state index in [0.29, 0.717) is 5.92 Å². The molecule has 0 aromatic heterocycles. The molecule has 1 heteroatoms. The molecule has 1 aliphatic heterocycles. The van der Waals surface area contributed by atoms with Gasteiger partial charge in [-0.3, -0.25) is 4.90 Å². The van der Waals surface area contributed by atoms with Crippen LogP contribution in [0.5, 0.6) is 0 Å². The van der Waals surface area contributed by atoms with Gasteiger partial charge in [-0.2, -0.15) is 0 Å². The topological polar surface area (TPSA) is 3.24 Å². The maximum atomic E-state index is 2.71. The molecule has 0 amide bonds. The van der Waals surface area contributed by atoms with Crippen molar-refractivity contribution in [1.29, 1.82) is 0 Å². The third-order valence-electron chi connectivity index (χ3n) is 5.29. The molecule has 1 heterocycles. The van der Waals surface area contributed by atoms with Crippen molar-refractivity contribution in [3.63, 3.8) is 0 Å². The van der Waals surface area contributed by atoms with E-state index < -0.39 is 0 Å². The summed E-state index contributed by atoms with van der Waals surface area (Å²) in [5, 5.41) is 0. The fourth-order valence-corrected chi connectivity index (χ4v) is 4.06. The van der Waals surface area contributed by atoms with Gasteiger partial charge in [-0.1, -0.05) is 54.6 Å². The molecule has 0 bridgehead atoms. The van der Waals surface area contributed by atoms with Crippen LogP contribution in [0.1, 0.15) is 35.4 Å². The van der Waals surface area contributed by atoms with Crippen molar-refractivity contribution in [2.45, 2.75) is 37.6 Å². The summed E-state index contributed by atoms with van der Waals surface area (Å²) in [6.07, 6.45) is 5.15. The van der Waals surface area contributed by atoms with Gasteiger partial charge in [0.15, 0.2) is 0 Å². The van der Waals surface area contributed by atoms with Gasteiger partial charge >= 0.3 is 0 Å². The summed E-state index contributed by atoms with van der Waals surface area (Å²) < 4.78 is 0. The van der Waals surface area contributed by atoms with E-state index in [1.54, 1.807) is 11.1 Å². The van der Waals surface area contributed by atoms with Gasteiger partial charge < -0.3 is 0 Å². The normalized spacial score (nSPS) is 25.1. The fraction of sp³-hybridized carbons (Fsp3) is 0.400. The Morgan fingerprint density at radius 2 is 1.67 bits per heavy atom. The molecule has 2 unspecified atom stereocenters. The van der Waals surface area contributed by atoms with E-state index >= 15 is 0 Å². The molecule has 1 nitrogen and oxygen atoms in total. The minimum Gasteiger partial charge on any atom is -0.300 e. The van der Waals surface area contributed by atoms with Crippen molar-refractivity contribution in [1.82, 2.24) is 4.90 Å². The predicted molar refractivity (Wildman–Crippen MR) is 87.6 cm³/mol. The molecule has 1 aliphatic carbocycles. The molecule has 1 fully saturated rings. The molecular formula is C20H23N. The highest BCUT2D eigenvalue weighted by molar-refractivity contribution is 5.36. The Hall–Kier alpha value is -1.60. The van der Waals surface area contributed by atoms with E-state index in [-0.39, 0.29) is 0 Å². The second-order valence-corrected chi connectivity index (χ2v) is 6.49. The van der Waals surface area contributed by atoms with Crippen LogP contribution in [-0.4, -0.2) is 24.0 Å². The first-order valence-corrected chi connectivity index (χ1v) is 8.27. The van der Waals surface area contributed by atoms with Gasteiger partial charge in [-0.15, -0.1) is 0 Å². The van der Waals surface area contributed by atoms with Crippen LogP contribution in [0.2, 0.25) is 0 Å². The molecule has 2 atom stereocenters. The number of fused-ring (bicyclic) bond motifs is 1. The van der Waals surface area contributed by atoms with Gasteiger partial charge in [0.2, 0.25) is 0 Å². The number of hydrogen-bond acceptors (Lipinski definition) is 1. The minimum atomic E-state index is 0.664. The first-order chi connectivity index (χ1) is 10.4. The Bertz CT molecular complexity index is 600. The van der Waals surface area contributed by atoms with Crippen LogP contribution in [0, 0.1) is 0 Å². The molecule has 0 N–H and O–H groups in total. The molecule has 4 rings (SSSR count). The van der Waals surface area contributed by atoms with E-state index in [4.69, 9.17) is 0 Å². The third kappa shape index (κ3) is 2.51. The van der Waals surface area contributed by atoms with Crippen LogP contribution in [0.4, 0.5) is 0 Å². The Labute approximate surface area is 127 Å². The molecule has 2 aromatic rings. The van der Waals surface area contributed by atoms with E-state index in [9.17, 15) is 0 Å². The van der Waals surface area contributed by atoms with Crippen LogP contribution in [0.25, 0.3) is 0 Å². The zero-order valence-corrected chi connectivity index (χ0v) is 12.5. The lowest BCUT2D eigenvalue weighted by Gasteiger charge is -2.45. The average molecular weight is 277 g/mol. The Morgan fingerprint density at radius 3 is 2.43 bits per heavy atom. The van der Waals surface area contributed by atoms with Crippen molar-refractivity contribution < 1.29 is 0 Å². The molecule has 108 valence electrons. The van der Waals surface area contributed by atoms with Crippen LogP contribution in [-0.2, 0) is 12.8 Å². The van der Waals surface area contributed by atoms with Crippen LogP contribution in [0.15, 0.2) is 54.6 Å². The van der Waals surface area contributed by atoms with Crippen LogP contribution >= 0.6 is 0 Å². The predicted octanol–water partition coefficient (Wildman–Crippen LogP) is 4.03. The summed E-state index contributed by atoms with van der Waals surface area (Å²) in [6.45, 7) is 2.61. The maximum Gasteiger partial charge on any atom is 0.0170 e. The van der Waals surface area contributed by atoms with E-state index in [2.05, 4.69) is 59.5 Å². The molecule has 1 saturated heterocycles. The molecule has 21 heavy (non-hydrogen) atoms. The molecule has 2 aromatic carbocycles. The number of hydrogen-bond donors (Lipinski definition) is 0. The van der Waals surface area contributed by atoms with Gasteiger partial charge in [0.25, 0.3) is 0 Å². The molecular weight excluding hydrogens is 254 g/mol. The zero-order valence-electron chi connectivity index (χ0n) is 12.5. The summed E-state index contributed by atoms with van der Waals surface area (Å²) in [5.41, 5.74) is 4.66. The Kier molecular flexibility index (Phi) is 3.52. The summed E-state index contributed by atoms with van der Waals surface area (Å²) in [4.78, 5) is 2.71. The van der Waals surface area contributed by atoms with Gasteiger partial charge in [-0.25, -0.2) is 0 Å². The maximum absolute atomic E-state index is 2.71. The lowest BCUT2D eigenvalue weighted by molar-refractivity contribution is 0.0877. The van der Waals surface area contributed by atoms with E-state index in [0.717, 1.165) is 6.04 Å².